The average molecular weight is 878 g/mol. The molecule has 2 fully saturated rings. The smallest absolute Gasteiger partial charge is 0.441 e. The number of cyclic esters (lactones) is 2. The van der Waals surface area contributed by atoms with E-state index < -0.39 is 73.9 Å². The maximum atomic E-state index is 16.1. The minimum atomic E-state index is -5.18. The van der Waals surface area contributed by atoms with Gasteiger partial charge in [-0.1, -0.05) is 12.1 Å². The molecule has 6 aromatic rings. The second-order valence-electron chi connectivity index (χ2n) is 14.4. The summed E-state index contributed by atoms with van der Waals surface area (Å²) in [7, 11) is -1.97. The molecule has 22 nitrogen and oxygen atoms in total. The number of phosphoric acid groups is 1. The second-order valence-corrected chi connectivity index (χ2v) is 15.6. The lowest BCUT2D eigenvalue weighted by atomic mass is 10.0. The highest BCUT2D eigenvalue weighted by Crippen LogP contribution is 2.43. The Morgan fingerprint density at radius 3 is 1.97 bits per heavy atom. The van der Waals surface area contributed by atoms with Crippen LogP contribution >= 0.6 is 7.82 Å². The Bertz CT molecular complexity index is 2680. The summed E-state index contributed by atoms with van der Waals surface area (Å²) in [4.78, 5) is 64.9. The second kappa shape index (κ2) is 16.7. The quantitative estimate of drug-likeness (QED) is 0.104. The van der Waals surface area contributed by atoms with E-state index >= 15 is 8.78 Å². The summed E-state index contributed by atoms with van der Waals surface area (Å²) >= 11 is 0. The number of halogens is 2. The Hall–Kier alpha value is -6.53. The van der Waals surface area contributed by atoms with Gasteiger partial charge in [-0.15, -0.1) is 20.4 Å². The minimum absolute atomic E-state index is 0.0882. The largest absolute Gasteiger partial charge is 0.555 e. The van der Waals surface area contributed by atoms with Crippen molar-refractivity contribution in [2.75, 3.05) is 24.6 Å². The standard InChI is InChI=1S/C37H35F2N12O10P/c1-20(52)12-32(61-62(55,56)57)33-18-51(37(54)60-33,24-7-9-27(29(39)14-24)22-5-11-31(41-16-22)35-43-47-49(3)45-35)58-19-25-17-50(36(53)59-25)23-6-8-26(28(38)13-23)21-4-10-30(40-15-21)34-42-46-48(2)44-34/h4-11,13-16,20,25,32-33,52H,12,17-19H2,1-3H3,(H-,55,56,57)/p+1/t20?,25-,32?,33-,51?/m1/s1. The number of hydroxylamine groups is 2. The van der Waals surface area contributed by atoms with Crippen molar-refractivity contribution < 1.29 is 56.7 Å². The van der Waals surface area contributed by atoms with Crippen LogP contribution in [-0.2, 0) is 37.5 Å². The molecule has 0 spiro atoms. The van der Waals surface area contributed by atoms with E-state index in [1.807, 2.05) is 0 Å². The van der Waals surface area contributed by atoms with Gasteiger partial charge in [-0.2, -0.15) is 19.2 Å². The van der Waals surface area contributed by atoms with Crippen LogP contribution in [0.25, 0.3) is 45.3 Å². The number of nitrogens with zero attached hydrogens (tertiary/aromatic N) is 12. The third-order valence-electron chi connectivity index (χ3n) is 9.86. The molecule has 62 heavy (non-hydrogen) atoms. The van der Waals surface area contributed by atoms with E-state index in [0.29, 0.717) is 28.3 Å². The van der Waals surface area contributed by atoms with E-state index in [1.165, 1.54) is 53.2 Å². The van der Waals surface area contributed by atoms with Gasteiger partial charge in [0.25, 0.3) is 0 Å². The van der Waals surface area contributed by atoms with Gasteiger partial charge in [0.15, 0.2) is 24.4 Å². The first-order chi connectivity index (χ1) is 29.5. The van der Waals surface area contributed by atoms with Crippen molar-refractivity contribution in [1.82, 2.24) is 55.0 Å². The van der Waals surface area contributed by atoms with Gasteiger partial charge in [-0.05, 0) is 58.4 Å². The Labute approximate surface area is 349 Å². The van der Waals surface area contributed by atoms with Gasteiger partial charge in [0, 0.05) is 53.2 Å². The number of carbonyl (C=O) groups is 2. The third-order valence-corrected chi connectivity index (χ3v) is 10.4. The van der Waals surface area contributed by atoms with Crippen molar-refractivity contribution in [3.63, 3.8) is 0 Å². The summed E-state index contributed by atoms with van der Waals surface area (Å²) in [5.74, 6) is -0.922. The molecule has 2 aliphatic rings. The molecule has 0 saturated carbocycles. The van der Waals surface area contributed by atoms with Gasteiger partial charge in [0.05, 0.1) is 32.4 Å². The van der Waals surface area contributed by atoms with Crippen LogP contribution in [0, 0.1) is 11.6 Å². The summed E-state index contributed by atoms with van der Waals surface area (Å²) in [6.45, 7) is 0.176. The lowest BCUT2D eigenvalue weighted by Crippen LogP contribution is -2.53. The summed E-state index contributed by atoms with van der Waals surface area (Å²) in [5, 5.41) is 33.7. The number of pyridine rings is 2. The molecule has 0 radical (unpaired) electrons. The van der Waals surface area contributed by atoms with Gasteiger partial charge in [0.2, 0.25) is 11.6 Å². The van der Waals surface area contributed by atoms with Gasteiger partial charge in [-0.3, -0.25) is 19.4 Å². The number of hydrogen-bond acceptors (Lipinski definition) is 16. The van der Waals surface area contributed by atoms with Crippen molar-refractivity contribution in [1.29, 1.82) is 0 Å². The number of carbonyl (C=O) groups excluding carboxylic acids is 2. The molecule has 3 unspecified atom stereocenters. The topological polar surface area (TPSA) is 265 Å². The first kappa shape index (κ1) is 42.2. The van der Waals surface area contributed by atoms with Crippen molar-refractivity contribution in [2.45, 2.75) is 37.8 Å². The Kier molecular flexibility index (Phi) is 11.4. The van der Waals surface area contributed by atoms with Crippen LogP contribution in [0.3, 0.4) is 0 Å². The molecule has 2 aromatic carbocycles. The highest BCUT2D eigenvalue weighted by Gasteiger charge is 2.58. The van der Waals surface area contributed by atoms with Crippen LogP contribution in [0.5, 0.6) is 0 Å². The fraction of sp³-hybridized carbons (Fsp3) is 0.297. The molecule has 2 aliphatic heterocycles. The van der Waals surface area contributed by atoms with Gasteiger partial charge < -0.3 is 24.4 Å². The predicted molar refractivity (Wildman–Crippen MR) is 209 cm³/mol. The van der Waals surface area contributed by atoms with E-state index in [-0.39, 0.29) is 41.3 Å². The van der Waals surface area contributed by atoms with Crippen molar-refractivity contribution in [2.24, 2.45) is 14.1 Å². The van der Waals surface area contributed by atoms with Crippen molar-refractivity contribution in [3.05, 3.63) is 84.7 Å². The highest BCUT2D eigenvalue weighted by molar-refractivity contribution is 7.46. The van der Waals surface area contributed by atoms with Crippen LogP contribution in [0.4, 0.5) is 29.7 Å². The van der Waals surface area contributed by atoms with E-state index in [1.54, 1.807) is 38.4 Å². The number of phosphoric ester groups is 1. The maximum absolute atomic E-state index is 16.1. The van der Waals surface area contributed by atoms with Gasteiger partial charge in [0.1, 0.15) is 35.7 Å². The molecule has 8 rings (SSSR count). The Morgan fingerprint density at radius 1 is 0.871 bits per heavy atom. The number of benzene rings is 2. The fourth-order valence-electron chi connectivity index (χ4n) is 6.98. The summed E-state index contributed by atoms with van der Waals surface area (Å²) in [5.41, 5.74) is 1.95. The lowest BCUT2D eigenvalue weighted by molar-refractivity contribution is -0.122. The number of aryl methyl sites for hydroxylation is 2. The maximum Gasteiger partial charge on any atom is 0.555 e. The molecule has 25 heteroatoms. The SMILES string of the molecule is CC(O)CC(OP(=O)(O)O)[C@H]1C[N+](OC[C@H]2CN(c3ccc(-c4ccc(-c5nnn(C)n5)nc4)c(F)c3)C(=O)O2)(c2ccc(-c3ccc(-c4nnn(C)n4)nc3)c(F)c2)C(=O)O1. The van der Waals surface area contributed by atoms with Crippen LogP contribution in [0.15, 0.2) is 73.1 Å². The number of ether oxygens (including phenoxy) is 2. The number of amides is 2. The first-order valence-electron chi connectivity index (χ1n) is 18.7. The number of aliphatic hydroxyl groups is 1. The average Bonchev–Trinajstić information content (AvgIpc) is 4.03. The van der Waals surface area contributed by atoms with E-state index in [9.17, 15) is 29.0 Å². The zero-order chi connectivity index (χ0) is 43.9. The first-order valence-corrected chi connectivity index (χ1v) is 20.2. The van der Waals surface area contributed by atoms with Gasteiger partial charge >= 0.3 is 20.0 Å². The Balaban J connectivity index is 1.03. The Morgan fingerprint density at radius 2 is 1.47 bits per heavy atom. The molecule has 0 aliphatic carbocycles. The van der Waals surface area contributed by atoms with E-state index in [0.717, 1.165) is 17.0 Å². The zero-order valence-electron chi connectivity index (χ0n) is 32.8. The summed E-state index contributed by atoms with van der Waals surface area (Å²) in [6.07, 6.45) is -4.64. The van der Waals surface area contributed by atoms with Crippen molar-refractivity contribution in [3.8, 4) is 45.3 Å². The van der Waals surface area contributed by atoms with E-state index in [4.69, 9.17) is 18.8 Å². The van der Waals surface area contributed by atoms with Crippen molar-refractivity contribution >= 4 is 31.4 Å². The summed E-state index contributed by atoms with van der Waals surface area (Å²) in [6, 6.07) is 14.4. The van der Waals surface area contributed by atoms with Crippen LogP contribution in [0.2, 0.25) is 0 Å². The van der Waals surface area contributed by atoms with Gasteiger partial charge in [-0.25, -0.2) is 18.1 Å². The molecular formula is C37H36F2N12O10P+. The fourth-order valence-corrected chi connectivity index (χ4v) is 7.56. The van der Waals surface area contributed by atoms with Crippen LogP contribution < -0.4 is 9.55 Å². The number of quaternary nitrogens is 1. The molecule has 322 valence electrons. The molecule has 4 aromatic heterocycles. The monoisotopic (exact) mass is 877 g/mol. The molecule has 2 saturated heterocycles. The molecule has 3 N–H and O–H groups in total. The van der Waals surface area contributed by atoms with Crippen LogP contribution in [-0.4, -0.2) is 122 Å². The molecule has 6 heterocycles. The number of aromatic nitrogens is 10. The highest BCUT2D eigenvalue weighted by atomic mass is 31.2. The number of anilines is 1. The van der Waals surface area contributed by atoms with E-state index in [2.05, 4.69) is 40.8 Å². The normalized spacial score (nSPS) is 20.0. The number of rotatable bonds is 14. The summed E-state index contributed by atoms with van der Waals surface area (Å²) < 4.78 is 58.4. The van der Waals surface area contributed by atoms with Crippen LogP contribution in [0.1, 0.15) is 13.3 Å². The molecular weight excluding hydrogens is 841 g/mol. The minimum Gasteiger partial charge on any atom is -0.441 e. The molecule has 0 bridgehead atoms. The number of hydrogen-bond donors (Lipinski definition) is 3. The predicted octanol–water partition coefficient (Wildman–Crippen LogP) is 3.50. The lowest BCUT2D eigenvalue weighted by Gasteiger charge is -2.27. The number of aliphatic hydroxyl groups excluding tert-OH is 1. The third kappa shape index (κ3) is 8.78. The molecule has 5 atom stereocenters. The zero-order valence-corrected chi connectivity index (χ0v) is 33.7. The molecule has 2 amide bonds. The number of tetrazole rings is 2.